The molecule has 0 unspecified atom stereocenters. The highest BCUT2D eigenvalue weighted by molar-refractivity contribution is 5.98. The van der Waals surface area contributed by atoms with Crippen LogP contribution >= 0.6 is 0 Å². The molecule has 0 radical (unpaired) electrons. The summed E-state index contributed by atoms with van der Waals surface area (Å²) in [5.74, 6) is -0.816. The Kier molecular flexibility index (Phi) is 11.0. The van der Waals surface area contributed by atoms with Gasteiger partial charge in [-0.15, -0.1) is 0 Å². The molecule has 2 aliphatic heterocycles. The number of likely N-dealkylation sites (tertiary alicyclic amines) is 2. The first-order valence-electron chi connectivity index (χ1n) is 16.2. The Morgan fingerprint density at radius 3 is 2.30 bits per heavy atom. The van der Waals surface area contributed by atoms with E-state index < -0.39 is 5.91 Å². The molecule has 2 aromatic carbocycles. The minimum absolute atomic E-state index is 0.0793. The summed E-state index contributed by atoms with van der Waals surface area (Å²) in [6, 6.07) is 14.0. The summed E-state index contributed by atoms with van der Waals surface area (Å²) in [6.45, 7) is 10.2. The third-order valence-electron chi connectivity index (χ3n) is 9.54. The smallest absolute Gasteiger partial charge is 0.252 e. The maximum absolute atomic E-state index is 14.8. The molecule has 7 nitrogen and oxygen atoms in total. The molecule has 8 heteroatoms. The van der Waals surface area contributed by atoms with Crippen LogP contribution in [0.3, 0.4) is 0 Å². The van der Waals surface area contributed by atoms with Crippen molar-refractivity contribution in [3.63, 3.8) is 0 Å². The number of hydrogen-bond acceptors (Lipinski definition) is 6. The summed E-state index contributed by atoms with van der Waals surface area (Å²) in [4.78, 5) is 20.4. The summed E-state index contributed by atoms with van der Waals surface area (Å²) in [5, 5.41) is 0. The van der Waals surface area contributed by atoms with Crippen molar-refractivity contribution in [1.29, 1.82) is 0 Å². The molecule has 1 amide bonds. The van der Waals surface area contributed by atoms with Crippen LogP contribution < -0.4 is 11.5 Å². The number of anilines is 1. The van der Waals surface area contributed by atoms with E-state index in [4.69, 9.17) is 16.2 Å². The first-order chi connectivity index (χ1) is 21.3. The number of aryl methyl sites for hydroxylation is 2. The Balaban J connectivity index is 0.000000215. The summed E-state index contributed by atoms with van der Waals surface area (Å²) < 4.78 is 20.7. The molecule has 3 aromatic rings. The van der Waals surface area contributed by atoms with Gasteiger partial charge in [0.15, 0.2) is 0 Å². The average Bonchev–Trinajstić information content (AvgIpc) is 3.75. The van der Waals surface area contributed by atoms with E-state index in [0.717, 1.165) is 32.5 Å². The lowest BCUT2D eigenvalue weighted by Gasteiger charge is -2.36. The van der Waals surface area contributed by atoms with Gasteiger partial charge in [0.05, 0.1) is 18.3 Å². The lowest BCUT2D eigenvalue weighted by Crippen LogP contribution is -2.43. The number of nitrogen functional groups attached to an aromatic ring is 1. The maximum atomic E-state index is 14.8. The Morgan fingerprint density at radius 2 is 1.64 bits per heavy atom. The number of hydrogen-bond donors (Lipinski definition) is 2. The Bertz CT molecular complexity index is 1410. The van der Waals surface area contributed by atoms with E-state index in [2.05, 4.69) is 46.8 Å². The highest BCUT2D eigenvalue weighted by Crippen LogP contribution is 2.27. The highest BCUT2D eigenvalue weighted by Gasteiger charge is 2.26. The van der Waals surface area contributed by atoms with Gasteiger partial charge in [-0.3, -0.25) is 9.69 Å². The van der Waals surface area contributed by atoms with Crippen molar-refractivity contribution in [2.75, 3.05) is 31.9 Å². The molecule has 1 saturated carbocycles. The van der Waals surface area contributed by atoms with Crippen LogP contribution in [0.2, 0.25) is 0 Å². The summed E-state index contributed by atoms with van der Waals surface area (Å²) in [5.41, 5.74) is 17.1. The van der Waals surface area contributed by atoms with Gasteiger partial charge in [0.1, 0.15) is 11.6 Å². The zero-order valence-corrected chi connectivity index (χ0v) is 26.4. The van der Waals surface area contributed by atoms with E-state index in [9.17, 15) is 9.18 Å². The minimum Gasteiger partial charge on any atom is -0.383 e. The van der Waals surface area contributed by atoms with Crippen molar-refractivity contribution in [1.82, 2.24) is 14.8 Å². The van der Waals surface area contributed by atoms with E-state index in [1.54, 1.807) is 6.07 Å². The molecule has 236 valence electrons. The van der Waals surface area contributed by atoms with Crippen LogP contribution in [0.5, 0.6) is 0 Å². The summed E-state index contributed by atoms with van der Waals surface area (Å²) in [7, 11) is 0. The van der Waals surface area contributed by atoms with Crippen LogP contribution in [-0.2, 0) is 17.9 Å². The van der Waals surface area contributed by atoms with Gasteiger partial charge < -0.3 is 21.1 Å². The molecule has 2 saturated heterocycles. The molecule has 3 aliphatic rings. The van der Waals surface area contributed by atoms with Crippen LogP contribution in [0.15, 0.2) is 48.7 Å². The van der Waals surface area contributed by atoms with Gasteiger partial charge >= 0.3 is 0 Å². The van der Waals surface area contributed by atoms with E-state index in [1.807, 2.05) is 12.1 Å². The van der Waals surface area contributed by atoms with Gasteiger partial charge in [-0.25, -0.2) is 9.37 Å². The first-order valence-corrected chi connectivity index (χ1v) is 16.2. The standard InChI is InChI=1S/C22H28FN5O.C14H20O/c23-20-12-15(17-11-19(22(25)29)21(24)26-13-17)3-4-16(20)14-27-9-5-18(6-10-27)28-7-1-2-8-28;1-11-7-8-13(9-12(11)2)10-15-14-5-3-4-6-14/h3-4,11-13,18H,1-2,5-10,14H2,(H2,24,26)(H2,25,29);7-9,14H,3-6,10H2,1-2H3. The second kappa shape index (κ2) is 15.1. The Hall–Kier alpha value is -3.33. The monoisotopic (exact) mass is 601 g/mol. The number of carbonyl (C=O) groups excluding carboxylic acids is 1. The second-order valence-electron chi connectivity index (χ2n) is 12.7. The molecule has 44 heavy (non-hydrogen) atoms. The normalized spacial score (nSPS) is 18.3. The van der Waals surface area contributed by atoms with Crippen molar-refractivity contribution in [2.45, 2.75) is 90.5 Å². The lowest BCUT2D eigenvalue weighted by molar-refractivity contribution is 0.0456. The lowest BCUT2D eigenvalue weighted by atomic mass is 10.0. The molecule has 4 N–H and O–H groups in total. The fourth-order valence-corrected chi connectivity index (χ4v) is 6.64. The van der Waals surface area contributed by atoms with Crippen molar-refractivity contribution < 1.29 is 13.9 Å². The molecule has 1 aliphatic carbocycles. The number of piperidine rings is 1. The van der Waals surface area contributed by atoms with Crippen LogP contribution in [-0.4, -0.2) is 59.0 Å². The Morgan fingerprint density at radius 1 is 0.909 bits per heavy atom. The third kappa shape index (κ3) is 8.43. The number of amides is 1. The van der Waals surface area contributed by atoms with Gasteiger partial charge in [-0.1, -0.05) is 43.2 Å². The number of aromatic nitrogens is 1. The van der Waals surface area contributed by atoms with Crippen molar-refractivity contribution in [3.05, 3.63) is 82.3 Å². The topological polar surface area (TPSA) is 97.7 Å². The molecular weight excluding hydrogens is 553 g/mol. The van der Waals surface area contributed by atoms with Gasteiger partial charge in [-0.2, -0.15) is 0 Å². The predicted molar refractivity (Wildman–Crippen MR) is 175 cm³/mol. The summed E-state index contributed by atoms with van der Waals surface area (Å²) >= 11 is 0. The number of nitrogens with two attached hydrogens (primary N) is 2. The van der Waals surface area contributed by atoms with Crippen LogP contribution in [0.1, 0.15) is 84.0 Å². The molecule has 0 bridgehead atoms. The third-order valence-corrected chi connectivity index (χ3v) is 9.54. The largest absolute Gasteiger partial charge is 0.383 e. The van der Waals surface area contributed by atoms with Gasteiger partial charge in [-0.05, 0) is 113 Å². The average molecular weight is 602 g/mol. The van der Waals surface area contributed by atoms with Crippen LogP contribution in [0.4, 0.5) is 10.2 Å². The number of carbonyl (C=O) groups is 1. The number of halogens is 1. The van der Waals surface area contributed by atoms with E-state index >= 15 is 0 Å². The molecule has 0 atom stereocenters. The van der Waals surface area contributed by atoms with Gasteiger partial charge in [0.25, 0.3) is 5.91 Å². The number of benzene rings is 2. The van der Waals surface area contributed by atoms with Gasteiger partial charge in [0, 0.05) is 29.9 Å². The van der Waals surface area contributed by atoms with E-state index in [0.29, 0.717) is 35.4 Å². The van der Waals surface area contributed by atoms with Crippen molar-refractivity contribution in [2.24, 2.45) is 5.73 Å². The number of ether oxygens (including phenoxy) is 1. The SMILES string of the molecule is Cc1ccc(COC2CCCC2)cc1C.NC(=O)c1cc(-c2ccc(CN3CCC(N4CCCC4)CC3)c(F)c2)cnc1N. The van der Waals surface area contributed by atoms with Gasteiger partial charge in [0.2, 0.25) is 0 Å². The second-order valence-corrected chi connectivity index (χ2v) is 12.7. The number of rotatable bonds is 8. The predicted octanol–water partition coefficient (Wildman–Crippen LogP) is 6.39. The quantitative estimate of drug-likeness (QED) is 0.311. The van der Waals surface area contributed by atoms with Crippen molar-refractivity contribution in [3.8, 4) is 11.1 Å². The maximum Gasteiger partial charge on any atom is 0.252 e. The molecule has 0 spiro atoms. The molecule has 3 heterocycles. The molecule has 3 fully saturated rings. The fourth-order valence-electron chi connectivity index (χ4n) is 6.64. The number of nitrogens with zero attached hydrogens (tertiary/aromatic N) is 3. The first kappa shape index (κ1) is 32.1. The zero-order chi connectivity index (χ0) is 31.1. The Labute approximate surface area is 261 Å². The minimum atomic E-state index is -0.647. The van der Waals surface area contributed by atoms with E-state index in [-0.39, 0.29) is 17.2 Å². The number of primary amides is 1. The van der Waals surface area contributed by atoms with Crippen LogP contribution in [0.25, 0.3) is 11.1 Å². The molecule has 6 rings (SSSR count). The summed E-state index contributed by atoms with van der Waals surface area (Å²) in [6.07, 6.45) is 12.2. The fraction of sp³-hybridized carbons (Fsp3) is 0.500. The molecular formula is C36H48FN5O2. The highest BCUT2D eigenvalue weighted by atomic mass is 19.1. The van der Waals surface area contributed by atoms with Crippen LogP contribution in [0, 0.1) is 19.7 Å². The van der Waals surface area contributed by atoms with E-state index in [1.165, 1.54) is 80.6 Å². The van der Waals surface area contributed by atoms with Crippen molar-refractivity contribution >= 4 is 11.7 Å². The number of pyridine rings is 1. The molecule has 1 aromatic heterocycles. The zero-order valence-electron chi connectivity index (χ0n) is 26.4.